The van der Waals surface area contributed by atoms with E-state index in [0.717, 1.165) is 12.1 Å². The van der Waals surface area contributed by atoms with Crippen molar-refractivity contribution in [3.8, 4) is 0 Å². The second kappa shape index (κ2) is 5.09. The topological polar surface area (TPSA) is 46.9 Å². The lowest BCUT2D eigenvalue weighted by Gasteiger charge is -2.09. The zero-order chi connectivity index (χ0) is 11.5. The number of hydrogen-bond acceptors (Lipinski definition) is 3. The Morgan fingerprint density at radius 2 is 2.44 bits per heavy atom. The largest absolute Gasteiger partial charge is 0.310 e. The molecule has 86 valence electrons. The lowest BCUT2D eigenvalue weighted by atomic mass is 10.3. The molecule has 0 atom stereocenters. The maximum atomic E-state index is 11.7. The van der Waals surface area contributed by atoms with Crippen LogP contribution < -0.4 is 10.9 Å². The van der Waals surface area contributed by atoms with Gasteiger partial charge < -0.3 is 5.32 Å². The average Bonchev–Trinajstić information content (AvgIpc) is 3.06. The normalized spacial score (nSPS) is 15.1. The molecule has 1 aromatic rings. The number of nitrogens with one attached hydrogen (secondary N) is 1. The van der Waals surface area contributed by atoms with Crippen molar-refractivity contribution in [3.63, 3.8) is 0 Å². The lowest BCUT2D eigenvalue weighted by Crippen LogP contribution is -2.26. The SMILES string of the molecule is C=C(CNC1CC1)Cn1cncc(I)c1=O. The fourth-order valence-corrected chi connectivity index (χ4v) is 1.88. The molecule has 0 spiro atoms. The maximum Gasteiger partial charge on any atom is 0.267 e. The van der Waals surface area contributed by atoms with E-state index in [4.69, 9.17) is 0 Å². The first kappa shape index (κ1) is 11.8. The third-order valence-corrected chi connectivity index (χ3v) is 3.21. The molecule has 0 aromatic carbocycles. The van der Waals surface area contributed by atoms with Crippen molar-refractivity contribution in [2.45, 2.75) is 25.4 Å². The van der Waals surface area contributed by atoms with Crippen molar-refractivity contribution in [2.75, 3.05) is 6.54 Å². The second-order valence-corrected chi connectivity index (χ2v) is 5.24. The van der Waals surface area contributed by atoms with E-state index < -0.39 is 0 Å². The van der Waals surface area contributed by atoms with Crippen LogP contribution in [0.15, 0.2) is 29.5 Å². The molecule has 0 amide bonds. The van der Waals surface area contributed by atoms with Crippen LogP contribution in [0, 0.1) is 3.57 Å². The molecule has 0 unspecified atom stereocenters. The summed E-state index contributed by atoms with van der Waals surface area (Å²) >= 11 is 2.00. The molecule has 5 heteroatoms. The molecule has 2 rings (SSSR count). The van der Waals surface area contributed by atoms with Crippen LogP contribution in [0.2, 0.25) is 0 Å². The van der Waals surface area contributed by atoms with E-state index in [1.807, 2.05) is 22.6 Å². The zero-order valence-electron chi connectivity index (χ0n) is 8.95. The fraction of sp³-hybridized carbons (Fsp3) is 0.455. The molecule has 0 radical (unpaired) electrons. The third kappa shape index (κ3) is 3.15. The van der Waals surface area contributed by atoms with E-state index in [-0.39, 0.29) is 5.56 Å². The molecule has 0 saturated heterocycles. The monoisotopic (exact) mass is 331 g/mol. The first-order valence-corrected chi connectivity index (χ1v) is 6.34. The highest BCUT2D eigenvalue weighted by molar-refractivity contribution is 14.1. The zero-order valence-corrected chi connectivity index (χ0v) is 11.1. The Morgan fingerprint density at radius 1 is 1.69 bits per heavy atom. The van der Waals surface area contributed by atoms with Gasteiger partial charge in [0.1, 0.15) is 0 Å². The smallest absolute Gasteiger partial charge is 0.267 e. The second-order valence-electron chi connectivity index (χ2n) is 4.08. The van der Waals surface area contributed by atoms with E-state index in [9.17, 15) is 4.79 Å². The lowest BCUT2D eigenvalue weighted by molar-refractivity contribution is 0.660. The minimum Gasteiger partial charge on any atom is -0.310 e. The molecule has 16 heavy (non-hydrogen) atoms. The van der Waals surface area contributed by atoms with E-state index >= 15 is 0 Å². The molecular formula is C11H14IN3O. The predicted octanol–water partition coefficient (Wildman–Crippen LogP) is 1.16. The van der Waals surface area contributed by atoms with Gasteiger partial charge in [-0.1, -0.05) is 6.58 Å². The summed E-state index contributed by atoms with van der Waals surface area (Å²) in [4.78, 5) is 15.7. The van der Waals surface area contributed by atoms with Crippen LogP contribution in [-0.4, -0.2) is 22.1 Å². The van der Waals surface area contributed by atoms with Crippen LogP contribution in [0.3, 0.4) is 0 Å². The number of halogens is 1. The molecule has 1 heterocycles. The van der Waals surface area contributed by atoms with Crippen molar-refractivity contribution >= 4 is 22.6 Å². The molecular weight excluding hydrogens is 317 g/mol. The van der Waals surface area contributed by atoms with Gasteiger partial charge in [-0.15, -0.1) is 0 Å². The minimum absolute atomic E-state index is 0.00294. The number of rotatable bonds is 5. The van der Waals surface area contributed by atoms with Gasteiger partial charge >= 0.3 is 0 Å². The molecule has 0 aliphatic heterocycles. The number of aromatic nitrogens is 2. The molecule has 1 aromatic heterocycles. The summed E-state index contributed by atoms with van der Waals surface area (Å²) in [6, 6.07) is 0.669. The molecule has 0 bridgehead atoms. The highest BCUT2D eigenvalue weighted by atomic mass is 127. The molecule has 4 nitrogen and oxygen atoms in total. The Hall–Kier alpha value is -0.690. The van der Waals surface area contributed by atoms with Gasteiger partial charge in [-0.05, 0) is 41.0 Å². The molecule has 1 aliphatic rings. The Morgan fingerprint density at radius 3 is 3.12 bits per heavy atom. The summed E-state index contributed by atoms with van der Waals surface area (Å²) in [5, 5.41) is 3.37. The fourth-order valence-electron chi connectivity index (χ4n) is 1.41. The van der Waals surface area contributed by atoms with Crippen LogP contribution >= 0.6 is 22.6 Å². The van der Waals surface area contributed by atoms with Crippen LogP contribution in [0.25, 0.3) is 0 Å². The maximum absolute atomic E-state index is 11.7. The average molecular weight is 331 g/mol. The summed E-state index contributed by atoms with van der Waals surface area (Å²) in [7, 11) is 0. The van der Waals surface area contributed by atoms with Crippen molar-refractivity contribution in [2.24, 2.45) is 0 Å². The number of hydrogen-bond donors (Lipinski definition) is 1. The summed E-state index contributed by atoms with van der Waals surface area (Å²) in [5.41, 5.74) is 1.01. The molecule has 1 saturated carbocycles. The third-order valence-electron chi connectivity index (χ3n) is 2.47. The van der Waals surface area contributed by atoms with Gasteiger partial charge in [0.2, 0.25) is 0 Å². The van der Waals surface area contributed by atoms with Crippen molar-refractivity contribution in [1.29, 1.82) is 0 Å². The Balaban J connectivity index is 1.94. The highest BCUT2D eigenvalue weighted by Gasteiger charge is 2.20. The predicted molar refractivity (Wildman–Crippen MR) is 71.4 cm³/mol. The van der Waals surface area contributed by atoms with Gasteiger partial charge in [-0.3, -0.25) is 9.36 Å². The minimum atomic E-state index is 0.00294. The van der Waals surface area contributed by atoms with Crippen molar-refractivity contribution < 1.29 is 0 Å². The summed E-state index contributed by atoms with van der Waals surface area (Å²) in [5.74, 6) is 0. The standard InChI is InChI=1S/C11H14IN3O/c1-8(4-14-9-2-3-9)6-15-7-13-5-10(12)11(15)16/h5,7,9,14H,1-4,6H2. The Labute approximate surface area is 108 Å². The van der Waals surface area contributed by atoms with Gasteiger partial charge in [-0.2, -0.15) is 0 Å². The number of nitrogens with zero attached hydrogens (tertiary/aromatic N) is 2. The van der Waals surface area contributed by atoms with Crippen LogP contribution in [0.5, 0.6) is 0 Å². The van der Waals surface area contributed by atoms with E-state index in [2.05, 4.69) is 16.9 Å². The first-order chi connectivity index (χ1) is 7.66. The van der Waals surface area contributed by atoms with Crippen LogP contribution in [0.1, 0.15) is 12.8 Å². The molecule has 1 aliphatic carbocycles. The Kier molecular flexibility index (Phi) is 3.75. The van der Waals surface area contributed by atoms with Gasteiger partial charge in [-0.25, -0.2) is 4.98 Å². The van der Waals surface area contributed by atoms with Crippen molar-refractivity contribution in [1.82, 2.24) is 14.9 Å². The quantitative estimate of drug-likeness (QED) is 0.651. The molecule has 1 N–H and O–H groups in total. The van der Waals surface area contributed by atoms with Gasteiger partial charge in [0.25, 0.3) is 5.56 Å². The van der Waals surface area contributed by atoms with E-state index in [0.29, 0.717) is 16.2 Å². The van der Waals surface area contributed by atoms with E-state index in [1.54, 1.807) is 17.1 Å². The Bertz CT molecular complexity index is 451. The van der Waals surface area contributed by atoms with Crippen molar-refractivity contribution in [3.05, 3.63) is 38.6 Å². The molecule has 1 fully saturated rings. The first-order valence-electron chi connectivity index (χ1n) is 5.27. The summed E-state index contributed by atoms with van der Waals surface area (Å²) in [6.45, 7) is 5.29. The van der Waals surface area contributed by atoms with Crippen LogP contribution in [-0.2, 0) is 6.54 Å². The van der Waals surface area contributed by atoms with Crippen LogP contribution in [0.4, 0.5) is 0 Å². The summed E-state index contributed by atoms with van der Waals surface area (Å²) < 4.78 is 2.24. The van der Waals surface area contributed by atoms with Gasteiger partial charge in [0, 0.05) is 25.3 Å². The van der Waals surface area contributed by atoms with Gasteiger partial charge in [0.15, 0.2) is 0 Å². The summed E-state index contributed by atoms with van der Waals surface area (Å²) in [6.07, 6.45) is 5.66. The van der Waals surface area contributed by atoms with Gasteiger partial charge in [0.05, 0.1) is 9.90 Å². The highest BCUT2D eigenvalue weighted by Crippen LogP contribution is 2.18. The van der Waals surface area contributed by atoms with E-state index in [1.165, 1.54) is 12.8 Å².